The van der Waals surface area contributed by atoms with Crippen LogP contribution in [0, 0.1) is 11.8 Å². The molecule has 0 amide bonds. The van der Waals surface area contributed by atoms with Gasteiger partial charge >= 0.3 is 5.82 Å². The standard InChI is InChI=1S/C21H34N5/c1-17(2)11-13-26(14-12-18(3)4)20-9-7-19(8-10-20)22-23-21-15-24(5)16-25(21)6/h7-10,15-18H,11-14H2,1-6H3/q+1/b23-22+. The van der Waals surface area contributed by atoms with E-state index < -0.39 is 0 Å². The van der Waals surface area contributed by atoms with Gasteiger partial charge in [-0.2, -0.15) is 0 Å². The highest BCUT2D eigenvalue weighted by atomic mass is 15.2. The highest BCUT2D eigenvalue weighted by molar-refractivity contribution is 5.52. The lowest BCUT2D eigenvalue weighted by molar-refractivity contribution is -0.658. The second-order valence-corrected chi connectivity index (χ2v) is 7.95. The molecular formula is C21H34N5+. The lowest BCUT2D eigenvalue weighted by Gasteiger charge is -2.26. The van der Waals surface area contributed by atoms with Gasteiger partial charge in [-0.15, -0.1) is 0 Å². The third kappa shape index (κ3) is 6.28. The molecule has 0 N–H and O–H groups in total. The molecule has 0 saturated carbocycles. The fraction of sp³-hybridized carbons (Fsp3) is 0.571. The average Bonchev–Trinajstić information content (AvgIpc) is 2.91. The summed E-state index contributed by atoms with van der Waals surface area (Å²) in [6.07, 6.45) is 6.35. The van der Waals surface area contributed by atoms with Gasteiger partial charge in [0.2, 0.25) is 0 Å². The Bertz CT molecular complexity index is 686. The van der Waals surface area contributed by atoms with E-state index in [4.69, 9.17) is 0 Å². The quantitative estimate of drug-likeness (QED) is 0.451. The molecule has 0 aliphatic heterocycles. The molecule has 142 valence electrons. The van der Waals surface area contributed by atoms with Crippen LogP contribution < -0.4 is 9.47 Å². The number of benzene rings is 1. The van der Waals surface area contributed by atoms with Gasteiger partial charge in [-0.25, -0.2) is 4.57 Å². The maximum absolute atomic E-state index is 4.37. The first-order chi connectivity index (χ1) is 12.3. The number of nitrogens with zero attached hydrogens (tertiary/aromatic N) is 5. The number of hydrogen-bond donors (Lipinski definition) is 0. The van der Waals surface area contributed by atoms with Crippen LogP contribution in [-0.4, -0.2) is 17.7 Å². The first-order valence-corrected chi connectivity index (χ1v) is 9.63. The van der Waals surface area contributed by atoms with Crippen molar-refractivity contribution in [1.29, 1.82) is 0 Å². The zero-order valence-electron chi connectivity index (χ0n) is 17.2. The van der Waals surface area contributed by atoms with E-state index in [-0.39, 0.29) is 0 Å². The lowest BCUT2D eigenvalue weighted by atomic mass is 10.1. The van der Waals surface area contributed by atoms with E-state index in [2.05, 4.69) is 67.1 Å². The molecule has 0 fully saturated rings. The molecule has 0 aliphatic rings. The highest BCUT2D eigenvalue weighted by Crippen LogP contribution is 2.23. The summed E-state index contributed by atoms with van der Waals surface area (Å²) in [6.45, 7) is 11.3. The van der Waals surface area contributed by atoms with E-state index in [1.54, 1.807) is 0 Å². The molecule has 26 heavy (non-hydrogen) atoms. The smallest absolute Gasteiger partial charge is 0.319 e. The maximum Gasteiger partial charge on any atom is 0.319 e. The van der Waals surface area contributed by atoms with Gasteiger partial charge in [-0.05, 0) is 48.9 Å². The van der Waals surface area contributed by atoms with Gasteiger partial charge in [0.25, 0.3) is 0 Å². The van der Waals surface area contributed by atoms with E-state index in [0.29, 0.717) is 0 Å². The number of aryl methyl sites for hydroxylation is 2. The fourth-order valence-corrected chi connectivity index (χ4v) is 2.77. The summed E-state index contributed by atoms with van der Waals surface area (Å²) in [6, 6.07) is 8.44. The first-order valence-electron chi connectivity index (χ1n) is 9.63. The molecule has 1 aromatic carbocycles. The third-order valence-corrected chi connectivity index (χ3v) is 4.47. The van der Waals surface area contributed by atoms with Crippen molar-refractivity contribution in [3.05, 3.63) is 36.8 Å². The number of imidazole rings is 1. The van der Waals surface area contributed by atoms with Gasteiger partial charge in [0, 0.05) is 23.9 Å². The first kappa shape index (κ1) is 20.1. The van der Waals surface area contributed by atoms with Crippen molar-refractivity contribution in [2.24, 2.45) is 36.2 Å². The molecule has 5 heteroatoms. The molecule has 0 unspecified atom stereocenters. The van der Waals surface area contributed by atoms with Crippen molar-refractivity contribution in [2.45, 2.75) is 40.5 Å². The maximum atomic E-state index is 4.37. The number of anilines is 1. The van der Waals surface area contributed by atoms with Gasteiger partial charge in [0.05, 0.1) is 14.1 Å². The van der Waals surface area contributed by atoms with Gasteiger partial charge in [0.15, 0.2) is 6.33 Å². The summed E-state index contributed by atoms with van der Waals surface area (Å²) >= 11 is 0. The minimum absolute atomic E-state index is 0.719. The molecule has 0 atom stereocenters. The monoisotopic (exact) mass is 356 g/mol. The zero-order valence-corrected chi connectivity index (χ0v) is 17.2. The summed E-state index contributed by atoms with van der Waals surface area (Å²) < 4.78 is 3.93. The van der Waals surface area contributed by atoms with Crippen LogP contribution in [0.5, 0.6) is 0 Å². The van der Waals surface area contributed by atoms with Gasteiger partial charge in [0.1, 0.15) is 11.9 Å². The molecule has 0 saturated heterocycles. The molecular weight excluding hydrogens is 322 g/mol. The van der Waals surface area contributed by atoms with E-state index in [0.717, 1.165) is 36.4 Å². The predicted octanol–water partition coefficient (Wildman–Crippen LogP) is 5.16. The largest absolute Gasteiger partial charge is 0.372 e. The Labute approximate surface area is 158 Å². The van der Waals surface area contributed by atoms with E-state index in [1.807, 2.05) is 35.8 Å². The number of azo groups is 1. The van der Waals surface area contributed by atoms with Crippen LogP contribution in [0.4, 0.5) is 17.2 Å². The predicted molar refractivity (Wildman–Crippen MR) is 108 cm³/mol. The second kappa shape index (κ2) is 9.51. The SMILES string of the molecule is CC(C)CCN(CCC(C)C)c1ccc(/N=N/c2cn(C)c[n+]2C)cc1. The third-order valence-electron chi connectivity index (χ3n) is 4.47. The molecule has 2 aromatic rings. The van der Waals surface area contributed by atoms with Crippen LogP contribution >= 0.6 is 0 Å². The molecule has 1 heterocycles. The lowest BCUT2D eigenvalue weighted by Crippen LogP contribution is -2.27. The topological polar surface area (TPSA) is 36.8 Å². The summed E-state index contributed by atoms with van der Waals surface area (Å²) in [5.41, 5.74) is 2.15. The van der Waals surface area contributed by atoms with Crippen LogP contribution in [0.15, 0.2) is 47.0 Å². The van der Waals surface area contributed by atoms with Gasteiger partial charge in [-0.1, -0.05) is 32.8 Å². The van der Waals surface area contributed by atoms with Gasteiger partial charge < -0.3 is 4.90 Å². The molecule has 0 bridgehead atoms. The Morgan fingerprint density at radius 2 is 1.54 bits per heavy atom. The molecule has 0 spiro atoms. The van der Waals surface area contributed by atoms with Crippen LogP contribution in [0.1, 0.15) is 40.5 Å². The Kier molecular flexibility index (Phi) is 7.37. The van der Waals surface area contributed by atoms with Crippen molar-refractivity contribution in [3.63, 3.8) is 0 Å². The number of aromatic nitrogens is 2. The number of hydrogen-bond acceptors (Lipinski definition) is 3. The number of rotatable bonds is 9. The molecule has 5 nitrogen and oxygen atoms in total. The minimum atomic E-state index is 0.719. The van der Waals surface area contributed by atoms with E-state index in [1.165, 1.54) is 18.5 Å². The highest BCUT2D eigenvalue weighted by Gasteiger charge is 2.10. The molecule has 0 aliphatic carbocycles. The Balaban J connectivity index is 2.07. The summed E-state index contributed by atoms with van der Waals surface area (Å²) in [5, 5.41) is 8.72. The fourth-order valence-electron chi connectivity index (χ4n) is 2.77. The Morgan fingerprint density at radius 3 is 2.00 bits per heavy atom. The summed E-state index contributed by atoms with van der Waals surface area (Å²) in [4.78, 5) is 2.50. The zero-order chi connectivity index (χ0) is 19.1. The van der Waals surface area contributed by atoms with Crippen molar-refractivity contribution in [2.75, 3.05) is 18.0 Å². The van der Waals surface area contributed by atoms with Crippen LogP contribution in [-0.2, 0) is 14.1 Å². The Morgan fingerprint density at radius 1 is 0.962 bits per heavy atom. The second-order valence-electron chi connectivity index (χ2n) is 7.95. The normalized spacial score (nSPS) is 11.8. The van der Waals surface area contributed by atoms with Crippen LogP contribution in [0.25, 0.3) is 0 Å². The Hall–Kier alpha value is -2.17. The van der Waals surface area contributed by atoms with Crippen molar-refractivity contribution in [3.8, 4) is 0 Å². The summed E-state index contributed by atoms with van der Waals surface area (Å²) in [7, 11) is 3.95. The van der Waals surface area contributed by atoms with Crippen LogP contribution in [0.2, 0.25) is 0 Å². The van der Waals surface area contributed by atoms with Crippen molar-refractivity contribution in [1.82, 2.24) is 4.57 Å². The molecule has 1 aromatic heterocycles. The molecule has 0 radical (unpaired) electrons. The average molecular weight is 357 g/mol. The molecule has 2 rings (SSSR count). The van der Waals surface area contributed by atoms with E-state index in [9.17, 15) is 0 Å². The van der Waals surface area contributed by atoms with Gasteiger partial charge in [-0.3, -0.25) is 4.57 Å². The van der Waals surface area contributed by atoms with Crippen molar-refractivity contribution < 1.29 is 4.57 Å². The van der Waals surface area contributed by atoms with Crippen LogP contribution in [0.3, 0.4) is 0 Å². The van der Waals surface area contributed by atoms with Crippen molar-refractivity contribution >= 4 is 17.2 Å². The minimum Gasteiger partial charge on any atom is -0.372 e. The van der Waals surface area contributed by atoms with E-state index >= 15 is 0 Å². The summed E-state index contributed by atoms with van der Waals surface area (Å²) in [5.74, 6) is 2.28.